The Morgan fingerprint density at radius 1 is 1.05 bits per heavy atom. The number of nitrogens with zero attached hydrogens (tertiary/aromatic N) is 1. The van der Waals surface area contributed by atoms with Gasteiger partial charge in [0.05, 0.1) is 6.61 Å². The van der Waals surface area contributed by atoms with Crippen LogP contribution in [0.25, 0.3) is 5.31 Å². The van der Waals surface area contributed by atoms with Crippen molar-refractivity contribution in [3.05, 3.63) is 95.1 Å². The third kappa shape index (κ3) is 10.8. The van der Waals surface area contributed by atoms with Crippen molar-refractivity contribution in [3.8, 4) is 5.75 Å². The summed E-state index contributed by atoms with van der Waals surface area (Å²) in [6.07, 6.45) is 12.1. The zero-order chi connectivity index (χ0) is 27.9. The minimum Gasteiger partial charge on any atom is -0.489 e. The lowest BCUT2D eigenvalue weighted by molar-refractivity contribution is 0.0524. The molecule has 0 saturated carbocycles. The van der Waals surface area contributed by atoms with Gasteiger partial charge in [0.15, 0.2) is 0 Å². The molecule has 1 N–H and O–H groups in total. The van der Waals surface area contributed by atoms with Gasteiger partial charge in [-0.3, -0.25) is 0 Å². The van der Waals surface area contributed by atoms with Crippen LogP contribution in [0.2, 0.25) is 0 Å². The number of methoxy groups -OCH3 is 1. The Labute approximate surface area is 227 Å². The molecule has 1 heterocycles. The molecule has 2 aromatic rings. The smallest absolute Gasteiger partial charge is 0.130 e. The van der Waals surface area contributed by atoms with E-state index in [0.29, 0.717) is 12.4 Å². The maximum atomic E-state index is 13.5. The van der Waals surface area contributed by atoms with Crippen LogP contribution in [0.5, 0.6) is 5.75 Å². The molecule has 2 rings (SSSR count). The number of pyridine rings is 1. The van der Waals surface area contributed by atoms with Crippen molar-refractivity contribution in [2.24, 2.45) is 0 Å². The van der Waals surface area contributed by atoms with Gasteiger partial charge in [0, 0.05) is 37.2 Å². The van der Waals surface area contributed by atoms with E-state index in [4.69, 9.17) is 14.2 Å². The highest BCUT2D eigenvalue weighted by molar-refractivity contribution is 7.31. The molecule has 0 aliphatic heterocycles. The molecule has 206 valence electrons. The first kappa shape index (κ1) is 31.2. The first-order chi connectivity index (χ1) is 18.3. The molecule has 0 spiro atoms. The molecule has 0 aliphatic carbocycles. The van der Waals surface area contributed by atoms with E-state index in [-0.39, 0.29) is 18.5 Å². The summed E-state index contributed by atoms with van der Waals surface area (Å²) in [5.41, 5.74) is 2.98. The van der Waals surface area contributed by atoms with Gasteiger partial charge in [-0.15, -0.1) is 9.24 Å². The highest BCUT2D eigenvalue weighted by Gasteiger charge is 2.10. The summed E-state index contributed by atoms with van der Waals surface area (Å²) >= 11 is 0. The lowest BCUT2D eigenvalue weighted by Crippen LogP contribution is -2.15. The quantitative estimate of drug-likeness (QED) is 0.140. The topological polar surface area (TPSA) is 52.6 Å². The van der Waals surface area contributed by atoms with Gasteiger partial charge in [0.1, 0.15) is 41.7 Å². The molecule has 0 aliphatic rings. The fraction of sp³-hybridized carbons (Fsp3) is 0.367. The second kappa shape index (κ2) is 16.7. The Morgan fingerprint density at radius 3 is 2.34 bits per heavy atom. The van der Waals surface area contributed by atoms with Crippen molar-refractivity contribution in [3.63, 3.8) is 0 Å². The number of aromatic nitrogens is 1. The van der Waals surface area contributed by atoms with Crippen LogP contribution in [0.1, 0.15) is 52.5 Å². The van der Waals surface area contributed by atoms with Crippen LogP contribution in [0, 0.1) is 11.6 Å². The van der Waals surface area contributed by atoms with Crippen LogP contribution in [0.4, 0.5) is 14.6 Å². The van der Waals surface area contributed by atoms with Crippen LogP contribution in [0.15, 0.2) is 77.9 Å². The van der Waals surface area contributed by atoms with E-state index in [0.717, 1.165) is 65.4 Å². The van der Waals surface area contributed by atoms with Gasteiger partial charge in [0.25, 0.3) is 0 Å². The second-order valence-electron chi connectivity index (χ2n) is 8.58. The van der Waals surface area contributed by atoms with Gasteiger partial charge < -0.3 is 19.5 Å². The number of anilines is 1. The van der Waals surface area contributed by atoms with Crippen molar-refractivity contribution in [1.29, 1.82) is 0 Å². The molecule has 2 atom stereocenters. The molecule has 0 bridgehead atoms. The number of ether oxygens (including phenoxy) is 3. The third-order valence-electron chi connectivity index (χ3n) is 5.34. The predicted molar refractivity (Wildman–Crippen MR) is 155 cm³/mol. The van der Waals surface area contributed by atoms with Crippen molar-refractivity contribution in [1.82, 2.24) is 4.98 Å². The Kier molecular flexibility index (Phi) is 13.7. The molecule has 5 nitrogen and oxygen atoms in total. The third-order valence-corrected chi connectivity index (χ3v) is 5.91. The Bertz CT molecular complexity index is 1120. The number of benzene rings is 1. The molecule has 0 radical (unpaired) electrons. The highest BCUT2D eigenvalue weighted by atomic mass is 31.0. The Hall–Kier alpha value is -3.02. The zero-order valence-corrected chi connectivity index (χ0v) is 24.0. The van der Waals surface area contributed by atoms with Crippen molar-refractivity contribution >= 4 is 20.4 Å². The van der Waals surface area contributed by atoms with Gasteiger partial charge in [-0.1, -0.05) is 32.9 Å². The first-order valence-electron chi connectivity index (χ1n) is 12.8. The SMILES string of the molecule is CC\C=C(Nc1ccc(/C(P)=C\CC)cn1)/C(=C/C(=C\COc1cc(F)cc(F)c1)OC(C)COC)CC. The van der Waals surface area contributed by atoms with E-state index >= 15 is 0 Å². The molecule has 38 heavy (non-hydrogen) atoms. The van der Waals surface area contributed by atoms with Crippen LogP contribution >= 0.6 is 9.24 Å². The van der Waals surface area contributed by atoms with E-state index in [1.807, 2.05) is 31.3 Å². The number of rotatable bonds is 15. The molecule has 8 heteroatoms. The largest absolute Gasteiger partial charge is 0.489 e. The number of halogens is 2. The molecule has 1 aromatic heterocycles. The lowest BCUT2D eigenvalue weighted by Gasteiger charge is -2.18. The second-order valence-corrected chi connectivity index (χ2v) is 9.20. The fourth-order valence-electron chi connectivity index (χ4n) is 3.60. The molecule has 0 amide bonds. The summed E-state index contributed by atoms with van der Waals surface area (Å²) in [6.45, 7) is 8.60. The summed E-state index contributed by atoms with van der Waals surface area (Å²) in [7, 11) is 4.36. The molecular formula is C30H39F2N2O3P. The van der Waals surface area contributed by atoms with Crippen LogP contribution in [0.3, 0.4) is 0 Å². The van der Waals surface area contributed by atoms with Gasteiger partial charge >= 0.3 is 0 Å². The van der Waals surface area contributed by atoms with E-state index in [1.165, 1.54) is 0 Å². The zero-order valence-electron chi connectivity index (χ0n) is 22.9. The summed E-state index contributed by atoms with van der Waals surface area (Å²) in [6, 6.07) is 7.08. The van der Waals surface area contributed by atoms with E-state index < -0.39 is 11.6 Å². The van der Waals surface area contributed by atoms with Gasteiger partial charge in [-0.2, -0.15) is 0 Å². The first-order valence-corrected chi connectivity index (χ1v) is 13.4. The maximum Gasteiger partial charge on any atom is 0.130 e. The van der Waals surface area contributed by atoms with Crippen LogP contribution < -0.4 is 10.1 Å². The summed E-state index contributed by atoms with van der Waals surface area (Å²) in [5, 5.41) is 4.56. The summed E-state index contributed by atoms with van der Waals surface area (Å²) < 4.78 is 43.9. The molecular weight excluding hydrogens is 505 g/mol. The monoisotopic (exact) mass is 544 g/mol. The molecule has 0 saturated heterocycles. The fourth-order valence-corrected chi connectivity index (χ4v) is 4.00. The predicted octanol–water partition coefficient (Wildman–Crippen LogP) is 8.04. The van der Waals surface area contributed by atoms with Crippen molar-refractivity contribution in [2.75, 3.05) is 25.6 Å². The molecule has 2 unspecified atom stereocenters. The van der Waals surface area contributed by atoms with Crippen molar-refractivity contribution < 1.29 is 23.0 Å². The minimum absolute atomic E-state index is 0.0668. The van der Waals surface area contributed by atoms with E-state index in [2.05, 4.69) is 52.5 Å². The molecule has 1 aromatic carbocycles. The number of hydrogen-bond donors (Lipinski definition) is 1. The summed E-state index contributed by atoms with van der Waals surface area (Å²) in [4.78, 5) is 4.59. The summed E-state index contributed by atoms with van der Waals surface area (Å²) in [5.74, 6) is 0.0119. The average Bonchev–Trinajstić information content (AvgIpc) is 2.87. The standard InChI is InChI=1S/C30H39F2N2O3P/c1-6-9-28(34-30-12-11-23(19-33-30)29(38)10-7-2)22(8-3)15-26(37-21(4)20-35-5)13-14-36-27-17-24(31)16-25(32)18-27/h9-13,15-19,21H,6-8,14,20,38H2,1-5H3,(H,33,34)/b22-15+,26-13+,28-9+,29-10+. The Balaban J connectivity index is 2.30. The minimum atomic E-state index is -0.695. The van der Waals surface area contributed by atoms with Gasteiger partial charge in [0.2, 0.25) is 0 Å². The van der Waals surface area contributed by atoms with E-state index in [1.54, 1.807) is 13.2 Å². The number of hydrogen-bond acceptors (Lipinski definition) is 5. The Morgan fingerprint density at radius 2 is 1.76 bits per heavy atom. The maximum absolute atomic E-state index is 13.5. The number of nitrogens with one attached hydrogen (secondary N) is 1. The highest BCUT2D eigenvalue weighted by Crippen LogP contribution is 2.25. The lowest BCUT2D eigenvalue weighted by atomic mass is 10.1. The van der Waals surface area contributed by atoms with Crippen LogP contribution in [-0.4, -0.2) is 31.4 Å². The van der Waals surface area contributed by atoms with Crippen LogP contribution in [-0.2, 0) is 9.47 Å². The molecule has 0 fully saturated rings. The van der Waals surface area contributed by atoms with Crippen molar-refractivity contribution in [2.45, 2.75) is 53.1 Å². The van der Waals surface area contributed by atoms with E-state index in [9.17, 15) is 8.78 Å². The normalized spacial score (nSPS) is 13.9. The number of allylic oxidation sites excluding steroid dienone is 4. The van der Waals surface area contributed by atoms with Gasteiger partial charge in [-0.05, 0) is 66.9 Å². The average molecular weight is 545 g/mol. The van der Waals surface area contributed by atoms with Gasteiger partial charge in [-0.25, -0.2) is 13.8 Å².